The van der Waals surface area contributed by atoms with Gasteiger partial charge in [-0.3, -0.25) is 4.84 Å². The van der Waals surface area contributed by atoms with E-state index >= 15 is 0 Å². The van der Waals surface area contributed by atoms with Gasteiger partial charge in [0.2, 0.25) is 0 Å². The molecule has 1 rings (SSSR count). The number of amides is 1. The SMILES string of the molecule is CC(C)(C)OC(=O)NC[C@](C)(CNOCc1ccccc1)C(C=O)CC=O. The van der Waals surface area contributed by atoms with E-state index in [9.17, 15) is 14.4 Å². The van der Waals surface area contributed by atoms with Gasteiger partial charge in [0.25, 0.3) is 0 Å². The van der Waals surface area contributed by atoms with Gasteiger partial charge in [-0.05, 0) is 26.3 Å². The summed E-state index contributed by atoms with van der Waals surface area (Å²) in [6.45, 7) is 7.90. The summed E-state index contributed by atoms with van der Waals surface area (Å²) in [5.74, 6) is -0.572. The van der Waals surface area contributed by atoms with Crippen molar-refractivity contribution in [1.29, 1.82) is 0 Å². The molecule has 0 radical (unpaired) electrons. The van der Waals surface area contributed by atoms with Gasteiger partial charge >= 0.3 is 6.09 Å². The first-order valence-electron chi connectivity index (χ1n) is 8.94. The van der Waals surface area contributed by atoms with E-state index in [2.05, 4.69) is 10.8 Å². The van der Waals surface area contributed by atoms with Crippen molar-refractivity contribution in [2.45, 2.75) is 46.3 Å². The van der Waals surface area contributed by atoms with Crippen LogP contribution < -0.4 is 10.8 Å². The van der Waals surface area contributed by atoms with E-state index in [1.807, 2.05) is 37.3 Å². The van der Waals surface area contributed by atoms with E-state index < -0.39 is 23.0 Å². The van der Waals surface area contributed by atoms with Crippen LogP contribution in [0.15, 0.2) is 30.3 Å². The Labute approximate surface area is 160 Å². The number of alkyl carbamates (subject to hydrolysis) is 1. The van der Waals surface area contributed by atoms with Gasteiger partial charge in [0.05, 0.1) is 6.61 Å². The Morgan fingerprint density at radius 1 is 1.11 bits per heavy atom. The normalized spacial score (nSPS) is 14.7. The Hall–Kier alpha value is -2.25. The van der Waals surface area contributed by atoms with Crippen molar-refractivity contribution in [3.63, 3.8) is 0 Å². The second kappa shape index (κ2) is 10.8. The summed E-state index contributed by atoms with van der Waals surface area (Å²) in [5.41, 5.74) is 2.50. The van der Waals surface area contributed by atoms with Gasteiger partial charge in [0.15, 0.2) is 0 Å². The van der Waals surface area contributed by atoms with Crippen molar-refractivity contribution < 1.29 is 24.0 Å². The number of carbonyl (C=O) groups excluding carboxylic acids is 3. The minimum Gasteiger partial charge on any atom is -0.444 e. The summed E-state index contributed by atoms with van der Waals surface area (Å²) >= 11 is 0. The van der Waals surface area contributed by atoms with E-state index in [0.717, 1.165) is 11.8 Å². The second-order valence-electron chi connectivity index (χ2n) is 7.75. The van der Waals surface area contributed by atoms with Crippen LogP contribution in [0.5, 0.6) is 0 Å². The van der Waals surface area contributed by atoms with Gasteiger partial charge in [-0.2, -0.15) is 0 Å². The molecule has 1 unspecified atom stereocenters. The second-order valence-corrected chi connectivity index (χ2v) is 7.75. The molecule has 0 bridgehead atoms. The van der Waals surface area contributed by atoms with Crippen molar-refractivity contribution in [2.75, 3.05) is 13.1 Å². The molecule has 0 aliphatic carbocycles. The van der Waals surface area contributed by atoms with Gasteiger partial charge in [0.1, 0.15) is 18.2 Å². The zero-order chi connectivity index (χ0) is 20.3. The van der Waals surface area contributed by atoms with Crippen LogP contribution in [-0.2, 0) is 25.8 Å². The van der Waals surface area contributed by atoms with Crippen LogP contribution in [0.25, 0.3) is 0 Å². The molecule has 0 fully saturated rings. The fraction of sp³-hybridized carbons (Fsp3) is 0.550. The Kier molecular flexibility index (Phi) is 9.11. The van der Waals surface area contributed by atoms with Gasteiger partial charge in [-0.1, -0.05) is 37.3 Å². The number of hydrogen-bond donors (Lipinski definition) is 2. The zero-order valence-electron chi connectivity index (χ0n) is 16.5. The first-order valence-corrected chi connectivity index (χ1v) is 8.94. The molecule has 0 aromatic heterocycles. The van der Waals surface area contributed by atoms with Gasteiger partial charge in [-0.25, -0.2) is 10.3 Å². The lowest BCUT2D eigenvalue weighted by Gasteiger charge is -2.34. The third-order valence-electron chi connectivity index (χ3n) is 4.10. The number of hydrogen-bond acceptors (Lipinski definition) is 6. The predicted octanol–water partition coefficient (Wildman–Crippen LogP) is 2.64. The van der Waals surface area contributed by atoms with Crippen molar-refractivity contribution in [3.8, 4) is 0 Å². The zero-order valence-corrected chi connectivity index (χ0v) is 16.5. The molecule has 0 aliphatic rings. The van der Waals surface area contributed by atoms with E-state index in [1.54, 1.807) is 20.8 Å². The fourth-order valence-electron chi connectivity index (χ4n) is 2.45. The van der Waals surface area contributed by atoms with E-state index in [4.69, 9.17) is 9.57 Å². The molecule has 150 valence electrons. The highest BCUT2D eigenvalue weighted by atomic mass is 16.6. The molecule has 0 saturated heterocycles. The van der Waals surface area contributed by atoms with Crippen molar-refractivity contribution in [3.05, 3.63) is 35.9 Å². The quantitative estimate of drug-likeness (QED) is 0.349. The third-order valence-corrected chi connectivity index (χ3v) is 4.10. The van der Waals surface area contributed by atoms with Crippen molar-refractivity contribution in [1.82, 2.24) is 10.8 Å². The number of hydroxylamine groups is 1. The number of ether oxygens (including phenoxy) is 1. The third kappa shape index (κ3) is 8.79. The molecule has 2 atom stereocenters. The molecule has 0 saturated carbocycles. The van der Waals surface area contributed by atoms with Gasteiger partial charge in [-0.15, -0.1) is 0 Å². The van der Waals surface area contributed by atoms with E-state index in [1.165, 1.54) is 0 Å². The average molecular weight is 378 g/mol. The largest absolute Gasteiger partial charge is 0.444 e. The minimum absolute atomic E-state index is 0.0658. The molecule has 2 N–H and O–H groups in total. The summed E-state index contributed by atoms with van der Waals surface area (Å²) in [6, 6.07) is 9.63. The Bertz CT molecular complexity index is 600. The fourth-order valence-corrected chi connectivity index (χ4v) is 2.45. The molecule has 1 aromatic rings. The summed E-state index contributed by atoms with van der Waals surface area (Å²) in [6.07, 6.45) is 0.936. The molecule has 0 aliphatic heterocycles. The molecular formula is C20H30N2O5. The predicted molar refractivity (Wildman–Crippen MR) is 102 cm³/mol. The van der Waals surface area contributed by atoms with Crippen LogP contribution in [-0.4, -0.2) is 37.4 Å². The van der Waals surface area contributed by atoms with Crippen LogP contribution >= 0.6 is 0 Å². The lowest BCUT2D eigenvalue weighted by atomic mass is 9.76. The minimum atomic E-state index is -0.726. The van der Waals surface area contributed by atoms with Crippen LogP contribution in [0.3, 0.4) is 0 Å². The monoisotopic (exact) mass is 378 g/mol. The van der Waals surface area contributed by atoms with E-state index in [-0.39, 0.29) is 19.5 Å². The van der Waals surface area contributed by atoms with Crippen LogP contribution in [0.2, 0.25) is 0 Å². The van der Waals surface area contributed by atoms with E-state index in [0.29, 0.717) is 12.9 Å². The maximum Gasteiger partial charge on any atom is 0.407 e. The molecule has 7 nitrogen and oxygen atoms in total. The topological polar surface area (TPSA) is 93.7 Å². The van der Waals surface area contributed by atoms with Crippen molar-refractivity contribution in [2.24, 2.45) is 11.3 Å². The average Bonchev–Trinajstić information content (AvgIpc) is 2.61. The molecule has 7 heteroatoms. The summed E-state index contributed by atoms with van der Waals surface area (Å²) in [4.78, 5) is 39.9. The number of nitrogens with one attached hydrogen (secondary N) is 2. The highest BCUT2D eigenvalue weighted by Crippen LogP contribution is 2.27. The first kappa shape index (κ1) is 22.8. The first-order chi connectivity index (χ1) is 12.7. The molecule has 0 heterocycles. The number of aldehydes is 2. The Morgan fingerprint density at radius 2 is 1.78 bits per heavy atom. The standard InChI is InChI=1S/C20H30N2O5/c1-19(2,3)27-18(25)21-14-20(4,17(12-24)10-11-23)15-22-26-13-16-8-6-5-7-9-16/h5-9,11-12,17,22H,10,13-15H2,1-4H3,(H,21,25)/t17?,20-/m1/s1. The highest BCUT2D eigenvalue weighted by molar-refractivity contribution is 5.68. The maximum absolute atomic E-state index is 11.9. The summed E-state index contributed by atoms with van der Waals surface area (Å²) < 4.78 is 5.23. The maximum atomic E-state index is 11.9. The lowest BCUT2D eigenvalue weighted by Crippen LogP contribution is -2.48. The number of carbonyl (C=O) groups is 3. The summed E-state index contributed by atoms with van der Waals surface area (Å²) in [5, 5.41) is 2.68. The Balaban J connectivity index is 2.65. The summed E-state index contributed by atoms with van der Waals surface area (Å²) in [7, 11) is 0. The van der Waals surface area contributed by atoms with Crippen LogP contribution in [0, 0.1) is 11.3 Å². The number of rotatable bonds is 11. The molecular weight excluding hydrogens is 348 g/mol. The molecule has 1 amide bonds. The molecule has 1 aromatic carbocycles. The van der Waals surface area contributed by atoms with Gasteiger partial charge < -0.3 is 19.6 Å². The smallest absolute Gasteiger partial charge is 0.407 e. The highest BCUT2D eigenvalue weighted by Gasteiger charge is 2.35. The van der Waals surface area contributed by atoms with Gasteiger partial charge in [0, 0.05) is 30.8 Å². The molecule has 27 heavy (non-hydrogen) atoms. The Morgan fingerprint density at radius 3 is 2.33 bits per heavy atom. The van der Waals surface area contributed by atoms with Crippen molar-refractivity contribution >= 4 is 18.7 Å². The lowest BCUT2D eigenvalue weighted by molar-refractivity contribution is -0.120. The molecule has 0 spiro atoms. The number of benzene rings is 1. The van der Waals surface area contributed by atoms with Crippen LogP contribution in [0.1, 0.15) is 39.7 Å². The van der Waals surface area contributed by atoms with Crippen LogP contribution in [0.4, 0.5) is 4.79 Å².